The molecule has 2 N–H and O–H groups in total. The summed E-state index contributed by atoms with van der Waals surface area (Å²) in [5.41, 5.74) is 0.596. The van der Waals surface area contributed by atoms with Crippen LogP contribution in [0.5, 0.6) is 5.75 Å². The van der Waals surface area contributed by atoms with Crippen LogP contribution < -0.4 is 10.1 Å². The number of amides is 1. The van der Waals surface area contributed by atoms with Crippen molar-refractivity contribution in [3.8, 4) is 5.75 Å². The third-order valence-electron chi connectivity index (χ3n) is 3.86. The van der Waals surface area contributed by atoms with Gasteiger partial charge < -0.3 is 15.2 Å². The number of carboxylic acid groups (broad SMARTS) is 1. The van der Waals surface area contributed by atoms with E-state index in [1.807, 2.05) is 19.1 Å². The minimum atomic E-state index is -0.882. The van der Waals surface area contributed by atoms with E-state index in [0.29, 0.717) is 30.9 Å². The second kappa shape index (κ2) is 7.11. The molecular weight excluding hydrogens is 270 g/mol. The van der Waals surface area contributed by atoms with E-state index in [1.165, 1.54) is 0 Å². The summed E-state index contributed by atoms with van der Waals surface area (Å²) in [6.07, 6.45) is 2.96. The standard InChI is InChI=1S/C16H21NO4/c1-2-21-14-10-6-5-9-13(14)17-15(18)11-7-3-4-8-12(11)16(19)20/h5-6,9-12H,2-4,7-8H2,1H3,(H,17,18)(H,19,20)/t11-,12+/m0/s1. The number of anilines is 1. The van der Waals surface area contributed by atoms with Crippen molar-refractivity contribution in [3.05, 3.63) is 24.3 Å². The van der Waals surface area contributed by atoms with Gasteiger partial charge in [-0.05, 0) is 31.9 Å². The van der Waals surface area contributed by atoms with Crippen LogP contribution in [0.25, 0.3) is 0 Å². The number of nitrogens with one attached hydrogen (secondary N) is 1. The summed E-state index contributed by atoms with van der Waals surface area (Å²) in [4.78, 5) is 23.7. The van der Waals surface area contributed by atoms with Gasteiger partial charge in [0.1, 0.15) is 5.75 Å². The number of ether oxygens (including phenoxy) is 1. The second-order valence-electron chi connectivity index (χ2n) is 5.25. The molecule has 0 spiro atoms. The third kappa shape index (κ3) is 3.74. The van der Waals surface area contributed by atoms with Gasteiger partial charge in [-0.2, -0.15) is 0 Å². The predicted octanol–water partition coefficient (Wildman–Crippen LogP) is 2.91. The Hall–Kier alpha value is -2.04. The molecule has 2 rings (SSSR count). The predicted molar refractivity (Wildman–Crippen MR) is 79.3 cm³/mol. The Balaban J connectivity index is 2.11. The molecule has 0 radical (unpaired) electrons. The lowest BCUT2D eigenvalue weighted by atomic mass is 9.78. The average molecular weight is 291 g/mol. The molecule has 1 amide bonds. The highest BCUT2D eigenvalue weighted by molar-refractivity contribution is 5.96. The van der Waals surface area contributed by atoms with Gasteiger partial charge in [-0.1, -0.05) is 25.0 Å². The van der Waals surface area contributed by atoms with E-state index in [-0.39, 0.29) is 5.91 Å². The first kappa shape index (κ1) is 15.4. The van der Waals surface area contributed by atoms with Crippen molar-refractivity contribution < 1.29 is 19.4 Å². The fourth-order valence-corrected chi connectivity index (χ4v) is 2.82. The largest absolute Gasteiger partial charge is 0.492 e. The maximum Gasteiger partial charge on any atom is 0.307 e. The highest BCUT2D eigenvalue weighted by Crippen LogP contribution is 2.32. The molecule has 1 aromatic carbocycles. The van der Waals surface area contributed by atoms with E-state index in [0.717, 1.165) is 12.8 Å². The molecule has 21 heavy (non-hydrogen) atoms. The SMILES string of the molecule is CCOc1ccccc1NC(=O)[C@H]1CCCC[C@H]1C(=O)O. The Labute approximate surface area is 124 Å². The summed E-state index contributed by atoms with van der Waals surface area (Å²) < 4.78 is 5.47. The van der Waals surface area contributed by atoms with Gasteiger partial charge in [0.25, 0.3) is 0 Å². The van der Waals surface area contributed by atoms with Crippen LogP contribution >= 0.6 is 0 Å². The number of hydrogen-bond donors (Lipinski definition) is 2. The van der Waals surface area contributed by atoms with Gasteiger partial charge in [0, 0.05) is 0 Å². The third-order valence-corrected chi connectivity index (χ3v) is 3.86. The number of carbonyl (C=O) groups excluding carboxylic acids is 1. The van der Waals surface area contributed by atoms with E-state index in [4.69, 9.17) is 4.74 Å². The molecule has 0 aromatic heterocycles. The second-order valence-corrected chi connectivity index (χ2v) is 5.25. The van der Waals surface area contributed by atoms with Crippen molar-refractivity contribution in [2.24, 2.45) is 11.8 Å². The van der Waals surface area contributed by atoms with E-state index in [1.54, 1.807) is 12.1 Å². The van der Waals surface area contributed by atoms with Crippen molar-refractivity contribution in [3.63, 3.8) is 0 Å². The number of hydrogen-bond acceptors (Lipinski definition) is 3. The van der Waals surface area contributed by atoms with E-state index in [9.17, 15) is 14.7 Å². The molecule has 0 unspecified atom stereocenters. The van der Waals surface area contributed by atoms with Crippen LogP contribution in [0.2, 0.25) is 0 Å². The highest BCUT2D eigenvalue weighted by atomic mass is 16.5. The molecular formula is C16H21NO4. The first-order valence-corrected chi connectivity index (χ1v) is 7.39. The average Bonchev–Trinajstić information content (AvgIpc) is 2.49. The molecule has 1 aliphatic carbocycles. The zero-order valence-electron chi connectivity index (χ0n) is 12.2. The summed E-state index contributed by atoms with van der Waals surface area (Å²) in [5, 5.41) is 12.1. The van der Waals surface area contributed by atoms with Crippen LogP contribution in [-0.4, -0.2) is 23.6 Å². The molecule has 1 fully saturated rings. The van der Waals surface area contributed by atoms with Crippen LogP contribution in [-0.2, 0) is 9.59 Å². The molecule has 5 nitrogen and oxygen atoms in total. The Morgan fingerprint density at radius 2 is 1.90 bits per heavy atom. The number of para-hydroxylation sites is 2. The van der Waals surface area contributed by atoms with Crippen molar-refractivity contribution in [2.75, 3.05) is 11.9 Å². The van der Waals surface area contributed by atoms with Crippen molar-refractivity contribution in [1.82, 2.24) is 0 Å². The maximum atomic E-state index is 12.4. The Morgan fingerprint density at radius 1 is 1.24 bits per heavy atom. The molecule has 0 saturated heterocycles. The Kier molecular flexibility index (Phi) is 5.20. The molecule has 5 heteroatoms. The fraction of sp³-hybridized carbons (Fsp3) is 0.500. The minimum absolute atomic E-state index is 0.228. The highest BCUT2D eigenvalue weighted by Gasteiger charge is 2.35. The van der Waals surface area contributed by atoms with E-state index >= 15 is 0 Å². The van der Waals surface area contributed by atoms with Gasteiger partial charge in [-0.15, -0.1) is 0 Å². The monoisotopic (exact) mass is 291 g/mol. The molecule has 2 atom stereocenters. The molecule has 114 valence electrons. The van der Waals surface area contributed by atoms with Crippen molar-refractivity contribution in [2.45, 2.75) is 32.6 Å². The van der Waals surface area contributed by atoms with Gasteiger partial charge in [0.15, 0.2) is 0 Å². The van der Waals surface area contributed by atoms with Crippen LogP contribution in [0, 0.1) is 11.8 Å². The maximum absolute atomic E-state index is 12.4. The summed E-state index contributed by atoms with van der Waals surface area (Å²) in [6.45, 7) is 2.38. The summed E-state index contributed by atoms with van der Waals surface area (Å²) in [7, 11) is 0. The molecule has 0 bridgehead atoms. The molecule has 0 heterocycles. The van der Waals surface area contributed by atoms with Gasteiger partial charge >= 0.3 is 5.97 Å². The molecule has 0 aliphatic heterocycles. The van der Waals surface area contributed by atoms with Crippen molar-refractivity contribution in [1.29, 1.82) is 0 Å². The molecule has 1 saturated carbocycles. The zero-order chi connectivity index (χ0) is 15.2. The number of carboxylic acids is 1. The zero-order valence-corrected chi connectivity index (χ0v) is 12.2. The van der Waals surface area contributed by atoms with Gasteiger partial charge in [0.2, 0.25) is 5.91 Å². The van der Waals surface area contributed by atoms with Crippen LogP contribution in [0.3, 0.4) is 0 Å². The topological polar surface area (TPSA) is 75.6 Å². The van der Waals surface area contributed by atoms with Crippen LogP contribution in [0.15, 0.2) is 24.3 Å². The van der Waals surface area contributed by atoms with Gasteiger partial charge in [0.05, 0.1) is 24.1 Å². The van der Waals surface area contributed by atoms with Crippen molar-refractivity contribution >= 4 is 17.6 Å². The van der Waals surface area contributed by atoms with Gasteiger partial charge in [-0.25, -0.2) is 0 Å². The number of carbonyl (C=O) groups is 2. The smallest absolute Gasteiger partial charge is 0.307 e. The lowest BCUT2D eigenvalue weighted by molar-refractivity contribution is -0.147. The van der Waals surface area contributed by atoms with Crippen LogP contribution in [0.4, 0.5) is 5.69 Å². The summed E-state index contributed by atoms with van der Waals surface area (Å²) in [5.74, 6) is -1.55. The molecule has 1 aromatic rings. The Morgan fingerprint density at radius 3 is 2.57 bits per heavy atom. The number of rotatable bonds is 5. The summed E-state index contributed by atoms with van der Waals surface area (Å²) in [6, 6.07) is 7.20. The van der Waals surface area contributed by atoms with Crippen LogP contribution in [0.1, 0.15) is 32.6 Å². The normalized spacial score (nSPS) is 21.6. The number of benzene rings is 1. The lowest BCUT2D eigenvalue weighted by Gasteiger charge is -2.27. The summed E-state index contributed by atoms with van der Waals surface area (Å²) >= 11 is 0. The quantitative estimate of drug-likeness (QED) is 0.874. The minimum Gasteiger partial charge on any atom is -0.492 e. The first-order valence-electron chi connectivity index (χ1n) is 7.39. The van der Waals surface area contributed by atoms with E-state index < -0.39 is 17.8 Å². The van der Waals surface area contributed by atoms with E-state index in [2.05, 4.69) is 5.32 Å². The molecule has 1 aliphatic rings. The lowest BCUT2D eigenvalue weighted by Crippen LogP contribution is -2.36. The Bertz CT molecular complexity index is 515. The van der Waals surface area contributed by atoms with Gasteiger partial charge in [-0.3, -0.25) is 9.59 Å². The first-order chi connectivity index (χ1) is 10.1. The fourth-order valence-electron chi connectivity index (χ4n) is 2.82. The number of aliphatic carboxylic acids is 1.